The van der Waals surface area contributed by atoms with E-state index in [4.69, 9.17) is 20.9 Å². The van der Waals surface area contributed by atoms with Gasteiger partial charge in [-0.15, -0.1) is 0 Å². The summed E-state index contributed by atoms with van der Waals surface area (Å²) in [5.74, 6) is -1.42. The van der Waals surface area contributed by atoms with E-state index in [1.807, 2.05) is 44.2 Å². The Bertz CT molecular complexity index is 1630. The van der Waals surface area contributed by atoms with Gasteiger partial charge in [0.15, 0.2) is 11.6 Å². The van der Waals surface area contributed by atoms with E-state index in [0.717, 1.165) is 25.7 Å². The summed E-state index contributed by atoms with van der Waals surface area (Å²) in [7, 11) is 0. The second-order valence-electron chi connectivity index (χ2n) is 14.7. The van der Waals surface area contributed by atoms with Crippen molar-refractivity contribution < 1.29 is 34.1 Å². The van der Waals surface area contributed by atoms with Gasteiger partial charge in [0.25, 0.3) is 0 Å². The van der Waals surface area contributed by atoms with Gasteiger partial charge in [-0.25, -0.2) is 0 Å². The van der Waals surface area contributed by atoms with E-state index >= 15 is 0 Å². The quantitative estimate of drug-likeness (QED) is 0.0761. The molecular formula is C42H58N4O7. The summed E-state index contributed by atoms with van der Waals surface area (Å²) >= 11 is 0. The lowest BCUT2D eigenvalue weighted by Crippen LogP contribution is -2.50. The topological polar surface area (TPSA) is 187 Å². The number of rotatable bonds is 20. The number of benzene rings is 2. The van der Waals surface area contributed by atoms with Crippen molar-refractivity contribution in [3.8, 4) is 11.5 Å². The van der Waals surface area contributed by atoms with Crippen LogP contribution in [0.25, 0.3) is 0 Å². The minimum absolute atomic E-state index is 0.0653. The largest absolute Gasteiger partial charge is 0.490 e. The number of hydrogen-bond acceptors (Lipinski definition) is 10. The van der Waals surface area contributed by atoms with Crippen LogP contribution in [0, 0.1) is 23.7 Å². The Kier molecular flexibility index (Phi) is 16.0. The molecule has 6 atom stereocenters. The predicted octanol–water partition coefficient (Wildman–Crippen LogP) is 5.23. The molecule has 0 bridgehead atoms. The van der Waals surface area contributed by atoms with Gasteiger partial charge in [0.1, 0.15) is 24.7 Å². The Labute approximate surface area is 313 Å². The number of aliphatic hydroxyl groups excluding tert-OH is 2. The SMILES string of the molecule is CC[C@@H](C)[C@@H](N)C(=O)NCc1ncc(C(=O)C(C(C)C)C(O)[C@H](O)[C@@H](N)CC2CCCCC2)cc1C(=O)c1ccccc1OCCOc1ccccc1. The zero-order chi connectivity index (χ0) is 38.5. The highest BCUT2D eigenvalue weighted by atomic mass is 16.5. The van der Waals surface area contributed by atoms with Crippen molar-refractivity contribution in [2.24, 2.45) is 35.1 Å². The van der Waals surface area contributed by atoms with Gasteiger partial charge in [-0.3, -0.25) is 19.4 Å². The Morgan fingerprint density at radius 3 is 2.23 bits per heavy atom. The van der Waals surface area contributed by atoms with Gasteiger partial charge in [-0.05, 0) is 54.5 Å². The molecule has 11 nitrogen and oxygen atoms in total. The van der Waals surface area contributed by atoms with E-state index < -0.39 is 41.8 Å². The van der Waals surface area contributed by atoms with Crippen molar-refractivity contribution >= 4 is 17.5 Å². The Balaban J connectivity index is 1.61. The predicted molar refractivity (Wildman–Crippen MR) is 205 cm³/mol. The third-order valence-electron chi connectivity index (χ3n) is 10.5. The highest BCUT2D eigenvalue weighted by Gasteiger charge is 2.38. The van der Waals surface area contributed by atoms with Gasteiger partial charge in [0.2, 0.25) is 5.91 Å². The number of Topliss-reactive ketones (excluding diaryl/α,β-unsaturated/α-hetero) is 1. The molecule has 53 heavy (non-hydrogen) atoms. The first-order valence-electron chi connectivity index (χ1n) is 19.0. The number of ketones is 2. The molecule has 2 aromatic carbocycles. The molecule has 1 aliphatic rings. The summed E-state index contributed by atoms with van der Waals surface area (Å²) < 4.78 is 11.7. The first kappa shape index (κ1) is 41.6. The molecule has 1 heterocycles. The molecule has 1 fully saturated rings. The molecule has 0 saturated heterocycles. The molecule has 11 heteroatoms. The maximum Gasteiger partial charge on any atom is 0.237 e. The maximum absolute atomic E-state index is 14.4. The highest BCUT2D eigenvalue weighted by Crippen LogP contribution is 2.31. The summed E-state index contributed by atoms with van der Waals surface area (Å²) in [4.78, 5) is 46.0. The number of carbonyl (C=O) groups is 3. The van der Waals surface area contributed by atoms with Crippen LogP contribution in [0.2, 0.25) is 0 Å². The number of ether oxygens (including phenoxy) is 2. The minimum atomic E-state index is -1.44. The fraction of sp³-hybridized carbons (Fsp3) is 0.524. The molecule has 4 rings (SSSR count). The number of nitrogens with two attached hydrogens (primary N) is 2. The molecule has 1 aromatic heterocycles. The molecule has 3 aromatic rings. The van der Waals surface area contributed by atoms with Gasteiger partial charge >= 0.3 is 0 Å². The molecule has 1 aliphatic carbocycles. The Morgan fingerprint density at radius 1 is 0.887 bits per heavy atom. The fourth-order valence-corrected chi connectivity index (χ4v) is 6.98. The number of amides is 1. The lowest BCUT2D eigenvalue weighted by Gasteiger charge is -2.33. The maximum atomic E-state index is 14.4. The molecule has 0 spiro atoms. The highest BCUT2D eigenvalue weighted by molar-refractivity contribution is 6.12. The molecule has 7 N–H and O–H groups in total. The van der Waals surface area contributed by atoms with Crippen LogP contribution < -0.4 is 26.3 Å². The van der Waals surface area contributed by atoms with Crippen LogP contribution in [0.4, 0.5) is 0 Å². The molecule has 2 unspecified atom stereocenters. The van der Waals surface area contributed by atoms with Crippen molar-refractivity contribution in [1.82, 2.24) is 10.3 Å². The van der Waals surface area contributed by atoms with Gasteiger partial charge in [-0.1, -0.05) is 96.6 Å². The van der Waals surface area contributed by atoms with Crippen molar-refractivity contribution in [1.29, 1.82) is 0 Å². The Morgan fingerprint density at radius 2 is 1.55 bits per heavy atom. The zero-order valence-electron chi connectivity index (χ0n) is 31.6. The van der Waals surface area contributed by atoms with Crippen LogP contribution in [0.5, 0.6) is 11.5 Å². The van der Waals surface area contributed by atoms with E-state index in [9.17, 15) is 24.6 Å². The number of nitrogens with zero attached hydrogens (tertiary/aromatic N) is 1. The van der Waals surface area contributed by atoms with Gasteiger partial charge in [-0.2, -0.15) is 0 Å². The third-order valence-corrected chi connectivity index (χ3v) is 10.5. The summed E-state index contributed by atoms with van der Waals surface area (Å²) in [5.41, 5.74) is 13.2. The van der Waals surface area contributed by atoms with Crippen molar-refractivity contribution in [3.63, 3.8) is 0 Å². The lowest BCUT2D eigenvalue weighted by atomic mass is 9.78. The lowest BCUT2D eigenvalue weighted by molar-refractivity contribution is -0.123. The van der Waals surface area contributed by atoms with E-state index in [2.05, 4.69) is 10.3 Å². The van der Waals surface area contributed by atoms with E-state index in [-0.39, 0.29) is 59.9 Å². The molecule has 288 valence electrons. The number of para-hydroxylation sites is 2. The van der Waals surface area contributed by atoms with Crippen molar-refractivity contribution in [2.45, 2.75) is 103 Å². The second-order valence-corrected chi connectivity index (χ2v) is 14.7. The standard InChI is InChI=1S/C42H58N4O7/c1-5-27(4)37(44)42(51)46-25-34-32(39(48)31-18-12-13-19-35(31)53-21-20-52-30-16-10-7-11-17-30)23-29(24-45-34)38(47)36(26(2)3)41(50)40(49)33(43)22-28-14-8-6-9-15-28/h7,10-13,16-19,23-24,26-28,33,36-37,40-41,49-50H,5-6,8-9,14-15,20-22,25,43-44H2,1-4H3,(H,46,51)/t27-,33+,36?,37-,40-,41?/m1/s1. The number of aromatic nitrogens is 1. The Hall–Kier alpha value is -4.16. The first-order valence-corrected chi connectivity index (χ1v) is 19.0. The smallest absolute Gasteiger partial charge is 0.237 e. The number of hydrogen-bond donors (Lipinski definition) is 5. The van der Waals surface area contributed by atoms with Crippen LogP contribution in [0.1, 0.15) is 105 Å². The summed E-state index contributed by atoms with van der Waals surface area (Å²) in [6, 6.07) is 16.1. The second kappa shape index (κ2) is 20.3. The monoisotopic (exact) mass is 730 g/mol. The first-order chi connectivity index (χ1) is 25.4. The zero-order valence-corrected chi connectivity index (χ0v) is 31.6. The number of carbonyl (C=O) groups excluding carboxylic acids is 3. The van der Waals surface area contributed by atoms with E-state index in [1.54, 1.807) is 38.1 Å². The van der Waals surface area contributed by atoms with Crippen LogP contribution in [-0.2, 0) is 11.3 Å². The van der Waals surface area contributed by atoms with Crippen LogP contribution >= 0.6 is 0 Å². The van der Waals surface area contributed by atoms with Crippen molar-refractivity contribution in [3.05, 3.63) is 89.2 Å². The molecule has 0 radical (unpaired) electrons. The van der Waals surface area contributed by atoms with E-state index in [0.29, 0.717) is 30.3 Å². The summed E-state index contributed by atoms with van der Waals surface area (Å²) in [6.07, 6.45) is 5.39. The normalized spacial score (nSPS) is 16.9. The third kappa shape index (κ3) is 11.4. The van der Waals surface area contributed by atoms with Gasteiger partial charge < -0.3 is 36.5 Å². The molecule has 0 aliphatic heterocycles. The molecule has 1 saturated carbocycles. The van der Waals surface area contributed by atoms with E-state index in [1.165, 1.54) is 18.7 Å². The van der Waals surface area contributed by atoms with Crippen LogP contribution in [0.3, 0.4) is 0 Å². The van der Waals surface area contributed by atoms with Crippen LogP contribution in [0.15, 0.2) is 66.9 Å². The number of nitrogens with one attached hydrogen (secondary N) is 1. The summed E-state index contributed by atoms with van der Waals surface area (Å²) in [5, 5.41) is 25.4. The minimum Gasteiger partial charge on any atom is -0.490 e. The van der Waals surface area contributed by atoms with Crippen LogP contribution in [-0.4, -0.2) is 70.2 Å². The molecular weight excluding hydrogens is 672 g/mol. The average molecular weight is 731 g/mol. The van der Waals surface area contributed by atoms with Crippen molar-refractivity contribution in [2.75, 3.05) is 13.2 Å². The average Bonchev–Trinajstić information content (AvgIpc) is 3.18. The number of aliphatic hydroxyl groups is 2. The number of pyridine rings is 1. The van der Waals surface area contributed by atoms with Gasteiger partial charge in [0.05, 0.1) is 42.0 Å². The summed E-state index contributed by atoms with van der Waals surface area (Å²) in [6.45, 7) is 7.71. The molecule has 1 amide bonds. The van der Waals surface area contributed by atoms with Gasteiger partial charge in [0, 0.05) is 23.4 Å². The fourth-order valence-electron chi connectivity index (χ4n) is 6.98.